The molecular weight excluding hydrogens is 360 g/mol. The Hall–Kier alpha value is -3.48. The van der Waals surface area contributed by atoms with Crippen molar-refractivity contribution in [2.75, 3.05) is 6.61 Å². The number of benzene rings is 2. The van der Waals surface area contributed by atoms with Gasteiger partial charge in [0, 0.05) is 17.2 Å². The van der Waals surface area contributed by atoms with Gasteiger partial charge in [-0.05, 0) is 26.8 Å². The fourth-order valence-corrected chi connectivity index (χ4v) is 2.39. The third-order valence-electron chi connectivity index (χ3n) is 3.71. The lowest BCUT2D eigenvalue weighted by Crippen LogP contribution is -2.44. The molecule has 7 heteroatoms. The summed E-state index contributed by atoms with van der Waals surface area (Å²) in [4.78, 5) is 48.3. The van der Waals surface area contributed by atoms with Crippen LogP contribution in [0.4, 0.5) is 4.79 Å². The van der Waals surface area contributed by atoms with E-state index >= 15 is 0 Å². The van der Waals surface area contributed by atoms with Crippen molar-refractivity contribution in [1.82, 2.24) is 10.6 Å². The Kier molecular flexibility index (Phi) is 7.03. The maximum atomic E-state index is 12.7. The highest BCUT2D eigenvalue weighted by molar-refractivity contribution is 6.14. The summed E-state index contributed by atoms with van der Waals surface area (Å²) in [5, 5.41) is 4.54. The van der Waals surface area contributed by atoms with Crippen molar-refractivity contribution in [1.29, 1.82) is 0 Å². The molecular formula is C21H22N2O5. The van der Waals surface area contributed by atoms with Crippen molar-refractivity contribution in [3.05, 3.63) is 70.8 Å². The van der Waals surface area contributed by atoms with Crippen molar-refractivity contribution in [3.63, 3.8) is 0 Å². The van der Waals surface area contributed by atoms with Crippen LogP contribution < -0.4 is 10.6 Å². The van der Waals surface area contributed by atoms with Crippen LogP contribution in [0.5, 0.6) is 0 Å². The van der Waals surface area contributed by atoms with Crippen LogP contribution in [0.3, 0.4) is 0 Å². The number of amides is 3. The molecule has 2 rings (SSSR count). The van der Waals surface area contributed by atoms with E-state index in [4.69, 9.17) is 4.74 Å². The minimum atomic E-state index is -0.824. The molecule has 0 bridgehead atoms. The zero-order valence-corrected chi connectivity index (χ0v) is 15.9. The second-order valence-electron chi connectivity index (χ2n) is 6.49. The predicted octanol–water partition coefficient (Wildman–Crippen LogP) is 2.62. The minimum absolute atomic E-state index is 0.0486. The Morgan fingerprint density at radius 2 is 1.54 bits per heavy atom. The van der Waals surface area contributed by atoms with Gasteiger partial charge in [-0.1, -0.05) is 48.0 Å². The molecule has 0 aromatic heterocycles. The molecule has 0 aliphatic heterocycles. The first-order valence-corrected chi connectivity index (χ1v) is 8.75. The van der Waals surface area contributed by atoms with Crippen LogP contribution in [-0.2, 0) is 9.53 Å². The molecule has 0 saturated carbocycles. The molecule has 0 heterocycles. The zero-order valence-electron chi connectivity index (χ0n) is 15.9. The number of hydrogen-bond acceptors (Lipinski definition) is 5. The lowest BCUT2D eigenvalue weighted by molar-refractivity contribution is -0.123. The van der Waals surface area contributed by atoms with E-state index in [1.165, 1.54) is 12.1 Å². The zero-order chi connectivity index (χ0) is 20.7. The molecule has 0 spiro atoms. The maximum Gasteiger partial charge on any atom is 0.339 e. The van der Waals surface area contributed by atoms with Crippen LogP contribution in [0.1, 0.15) is 45.7 Å². The monoisotopic (exact) mass is 382 g/mol. The number of nitrogens with one attached hydrogen (secondary N) is 2. The van der Waals surface area contributed by atoms with Gasteiger partial charge in [0.15, 0.2) is 12.4 Å². The maximum absolute atomic E-state index is 12.7. The standard InChI is InChI=1S/C21H22N2O5/c1-13(2)22-21(27)23-18(24)12-28-20(26)17-7-5-4-6-16(17)19(25)15-10-8-14(3)9-11-15/h4-11,13H,12H2,1-3H3,(H2,22,23,24,27). The molecule has 0 radical (unpaired) electrons. The van der Waals surface area contributed by atoms with E-state index in [1.807, 2.05) is 6.92 Å². The summed E-state index contributed by atoms with van der Waals surface area (Å²) < 4.78 is 4.96. The van der Waals surface area contributed by atoms with Crippen molar-refractivity contribution in [3.8, 4) is 0 Å². The van der Waals surface area contributed by atoms with Crippen molar-refractivity contribution in [2.45, 2.75) is 26.8 Å². The highest BCUT2D eigenvalue weighted by atomic mass is 16.5. The molecule has 146 valence electrons. The average molecular weight is 382 g/mol. The van der Waals surface area contributed by atoms with Crippen molar-refractivity contribution >= 4 is 23.7 Å². The van der Waals surface area contributed by atoms with E-state index in [1.54, 1.807) is 50.2 Å². The molecule has 0 atom stereocenters. The first kappa shape index (κ1) is 20.8. The number of imide groups is 1. The highest BCUT2D eigenvalue weighted by Gasteiger charge is 2.20. The number of rotatable bonds is 6. The van der Waals surface area contributed by atoms with Crippen LogP contribution in [0.2, 0.25) is 0 Å². The summed E-state index contributed by atoms with van der Waals surface area (Å²) in [6.45, 7) is 4.75. The van der Waals surface area contributed by atoms with Gasteiger partial charge < -0.3 is 10.1 Å². The molecule has 0 fully saturated rings. The van der Waals surface area contributed by atoms with Crippen LogP contribution in [-0.4, -0.2) is 36.3 Å². The van der Waals surface area contributed by atoms with Gasteiger partial charge in [-0.3, -0.25) is 14.9 Å². The number of aryl methyl sites for hydroxylation is 1. The third-order valence-corrected chi connectivity index (χ3v) is 3.71. The topological polar surface area (TPSA) is 102 Å². The number of ketones is 1. The van der Waals surface area contributed by atoms with Gasteiger partial charge >= 0.3 is 12.0 Å². The summed E-state index contributed by atoms with van der Waals surface area (Å²) >= 11 is 0. The second-order valence-corrected chi connectivity index (χ2v) is 6.49. The van der Waals surface area contributed by atoms with E-state index in [9.17, 15) is 19.2 Å². The summed E-state index contributed by atoms with van der Waals surface area (Å²) in [6, 6.07) is 12.4. The van der Waals surface area contributed by atoms with E-state index in [0.29, 0.717) is 5.56 Å². The molecule has 0 unspecified atom stereocenters. The molecule has 0 aliphatic carbocycles. The van der Waals surface area contributed by atoms with E-state index in [0.717, 1.165) is 5.56 Å². The van der Waals surface area contributed by atoms with Gasteiger partial charge in [0.2, 0.25) is 0 Å². The molecule has 2 aromatic rings. The SMILES string of the molecule is Cc1ccc(C(=O)c2ccccc2C(=O)OCC(=O)NC(=O)NC(C)C)cc1. The van der Waals surface area contributed by atoms with Crippen LogP contribution in [0.25, 0.3) is 0 Å². The van der Waals surface area contributed by atoms with Gasteiger partial charge in [-0.2, -0.15) is 0 Å². The van der Waals surface area contributed by atoms with Gasteiger partial charge in [0.05, 0.1) is 5.56 Å². The summed E-state index contributed by atoms with van der Waals surface area (Å²) in [5.41, 5.74) is 1.67. The van der Waals surface area contributed by atoms with Crippen LogP contribution >= 0.6 is 0 Å². The van der Waals surface area contributed by atoms with Crippen molar-refractivity contribution in [2.24, 2.45) is 0 Å². The van der Waals surface area contributed by atoms with Crippen molar-refractivity contribution < 1.29 is 23.9 Å². The lowest BCUT2D eigenvalue weighted by Gasteiger charge is -2.11. The smallest absolute Gasteiger partial charge is 0.339 e. The average Bonchev–Trinajstić information content (AvgIpc) is 2.65. The summed E-state index contributed by atoms with van der Waals surface area (Å²) in [7, 11) is 0. The number of ether oxygens (including phenoxy) is 1. The fourth-order valence-electron chi connectivity index (χ4n) is 2.39. The molecule has 0 aliphatic rings. The first-order valence-electron chi connectivity index (χ1n) is 8.75. The predicted molar refractivity (Wildman–Crippen MR) is 103 cm³/mol. The number of carbonyl (C=O) groups excluding carboxylic acids is 4. The van der Waals surface area contributed by atoms with E-state index < -0.39 is 24.5 Å². The Balaban J connectivity index is 2.06. The lowest BCUT2D eigenvalue weighted by atomic mass is 9.98. The quantitative estimate of drug-likeness (QED) is 0.591. The highest BCUT2D eigenvalue weighted by Crippen LogP contribution is 2.16. The van der Waals surface area contributed by atoms with Gasteiger partial charge in [0.1, 0.15) is 0 Å². The second kappa shape index (κ2) is 9.45. The van der Waals surface area contributed by atoms with Gasteiger partial charge in [-0.15, -0.1) is 0 Å². The van der Waals surface area contributed by atoms with Gasteiger partial charge in [0.25, 0.3) is 5.91 Å². The third kappa shape index (κ3) is 5.77. The normalized spacial score (nSPS) is 10.3. The molecule has 2 N–H and O–H groups in total. The molecule has 7 nitrogen and oxygen atoms in total. The fraction of sp³-hybridized carbons (Fsp3) is 0.238. The van der Waals surface area contributed by atoms with E-state index in [-0.39, 0.29) is 23.0 Å². The minimum Gasteiger partial charge on any atom is -0.452 e. The number of esters is 1. The Bertz CT molecular complexity index is 888. The number of hydrogen-bond donors (Lipinski definition) is 2. The summed E-state index contributed by atoms with van der Waals surface area (Å²) in [5.74, 6) is -1.92. The van der Waals surface area contributed by atoms with E-state index in [2.05, 4.69) is 10.6 Å². The van der Waals surface area contributed by atoms with Gasteiger partial charge in [-0.25, -0.2) is 9.59 Å². The first-order chi connectivity index (χ1) is 13.3. The van der Waals surface area contributed by atoms with Crippen LogP contribution in [0, 0.1) is 6.92 Å². The molecule has 2 aromatic carbocycles. The molecule has 0 saturated heterocycles. The van der Waals surface area contributed by atoms with Crippen LogP contribution in [0.15, 0.2) is 48.5 Å². The Labute approximate surface area is 163 Å². The molecule has 28 heavy (non-hydrogen) atoms. The Morgan fingerprint density at radius 1 is 0.929 bits per heavy atom. The largest absolute Gasteiger partial charge is 0.452 e. The Morgan fingerprint density at radius 3 is 2.14 bits per heavy atom. The molecule has 3 amide bonds. The number of carbonyl (C=O) groups is 4. The number of urea groups is 1. The summed E-state index contributed by atoms with van der Waals surface area (Å²) in [6.07, 6.45) is 0.